The van der Waals surface area contributed by atoms with Gasteiger partial charge in [0, 0.05) is 24.9 Å². The van der Waals surface area contributed by atoms with Crippen molar-refractivity contribution in [2.24, 2.45) is 5.92 Å². The summed E-state index contributed by atoms with van der Waals surface area (Å²) in [5.74, 6) is 10.3. The van der Waals surface area contributed by atoms with Gasteiger partial charge >= 0.3 is 0 Å². The molecular weight excluding hydrogens is 206 g/mol. The summed E-state index contributed by atoms with van der Waals surface area (Å²) in [6.07, 6.45) is 8.69. The van der Waals surface area contributed by atoms with Gasteiger partial charge < -0.3 is 4.90 Å². The number of hydrogen-bond donors (Lipinski definition) is 0. The van der Waals surface area contributed by atoms with Crippen LogP contribution >= 0.6 is 0 Å². The third-order valence-corrected chi connectivity index (χ3v) is 3.08. The third kappa shape index (κ3) is 6.96. The van der Waals surface area contributed by atoms with Gasteiger partial charge in [0.15, 0.2) is 0 Å². The third-order valence-electron chi connectivity index (χ3n) is 3.08. The molecule has 1 aliphatic heterocycles. The van der Waals surface area contributed by atoms with Crippen LogP contribution in [0.25, 0.3) is 0 Å². The quantitative estimate of drug-likeness (QED) is 0.527. The number of hydrogen-bond acceptors (Lipinski definition) is 1. The fourth-order valence-electron chi connectivity index (χ4n) is 1.90. The van der Waals surface area contributed by atoms with Crippen molar-refractivity contribution in [2.45, 2.75) is 58.8 Å². The molecule has 0 aromatic heterocycles. The summed E-state index contributed by atoms with van der Waals surface area (Å²) in [7, 11) is 0. The standard InChI is InChI=1S/C16H25N/c1-3-4-8-11-16(2)12-15-17-13-9-6-5-7-10-14-17/h16H,3-6,8-9,11,13-14H2,1-2H3. The Kier molecular flexibility index (Phi) is 7.40. The number of unbranched alkanes of at least 4 members (excludes halogenated alkanes) is 2. The number of nitrogens with zero attached hydrogens (tertiary/aromatic N) is 1. The van der Waals surface area contributed by atoms with Crippen LogP contribution in [0.5, 0.6) is 0 Å². The van der Waals surface area contributed by atoms with Crippen molar-refractivity contribution < 1.29 is 0 Å². The summed E-state index contributed by atoms with van der Waals surface area (Å²) in [4.78, 5) is 2.18. The van der Waals surface area contributed by atoms with E-state index in [0.29, 0.717) is 5.92 Å². The SMILES string of the molecule is CCCCCC(C)C#CN1CC#CCCCC1. The Hall–Kier alpha value is -1.08. The molecule has 0 aromatic rings. The Balaban J connectivity index is 2.31. The van der Waals surface area contributed by atoms with E-state index in [1.165, 1.54) is 38.5 Å². The molecule has 0 saturated heterocycles. The minimum Gasteiger partial charge on any atom is -0.321 e. The van der Waals surface area contributed by atoms with Gasteiger partial charge in [0.1, 0.15) is 0 Å². The molecule has 1 heteroatoms. The summed E-state index contributed by atoms with van der Waals surface area (Å²) < 4.78 is 0. The highest BCUT2D eigenvalue weighted by molar-refractivity contribution is 5.09. The molecule has 0 bridgehead atoms. The van der Waals surface area contributed by atoms with Crippen LogP contribution in [0.3, 0.4) is 0 Å². The van der Waals surface area contributed by atoms with Crippen LogP contribution in [-0.4, -0.2) is 18.0 Å². The van der Waals surface area contributed by atoms with E-state index in [1.807, 2.05) is 0 Å². The van der Waals surface area contributed by atoms with Crippen LogP contribution in [0, 0.1) is 29.7 Å². The highest BCUT2D eigenvalue weighted by atomic mass is 15.1. The van der Waals surface area contributed by atoms with Crippen LogP contribution in [0.15, 0.2) is 0 Å². The summed E-state index contributed by atoms with van der Waals surface area (Å²) in [5, 5.41) is 0. The average Bonchev–Trinajstić information content (AvgIpc) is 2.28. The zero-order chi connectivity index (χ0) is 12.3. The molecule has 0 N–H and O–H groups in total. The van der Waals surface area contributed by atoms with E-state index in [2.05, 4.69) is 42.6 Å². The predicted octanol–water partition coefficient (Wildman–Crippen LogP) is 3.65. The molecule has 0 amide bonds. The Morgan fingerprint density at radius 3 is 2.94 bits per heavy atom. The first kappa shape index (κ1) is 14.0. The first-order chi connectivity index (χ1) is 8.33. The zero-order valence-corrected chi connectivity index (χ0v) is 11.4. The maximum atomic E-state index is 3.37. The van der Waals surface area contributed by atoms with Crippen LogP contribution < -0.4 is 0 Å². The van der Waals surface area contributed by atoms with Gasteiger partial charge in [-0.15, -0.1) is 5.92 Å². The summed E-state index contributed by atoms with van der Waals surface area (Å²) in [6, 6.07) is 3.30. The second-order valence-corrected chi connectivity index (χ2v) is 4.89. The molecule has 1 nitrogen and oxygen atoms in total. The van der Waals surface area contributed by atoms with E-state index < -0.39 is 0 Å². The Morgan fingerprint density at radius 2 is 2.12 bits per heavy atom. The summed E-state index contributed by atoms with van der Waals surface area (Å²) in [5.41, 5.74) is 0. The van der Waals surface area contributed by atoms with Gasteiger partial charge in [-0.25, -0.2) is 0 Å². The van der Waals surface area contributed by atoms with Crippen molar-refractivity contribution in [3.63, 3.8) is 0 Å². The van der Waals surface area contributed by atoms with Gasteiger partial charge in [-0.2, -0.15) is 0 Å². The lowest BCUT2D eigenvalue weighted by molar-refractivity contribution is 0.424. The Bertz CT molecular complexity index is 310. The molecule has 0 saturated carbocycles. The van der Waals surface area contributed by atoms with Gasteiger partial charge in [0.25, 0.3) is 0 Å². The minimum atomic E-state index is 0.528. The predicted molar refractivity (Wildman–Crippen MR) is 74.3 cm³/mol. The molecule has 1 unspecified atom stereocenters. The first-order valence-corrected chi connectivity index (χ1v) is 7.04. The van der Waals surface area contributed by atoms with Gasteiger partial charge in [-0.1, -0.05) is 45.0 Å². The lowest BCUT2D eigenvalue weighted by atomic mass is 10.0. The monoisotopic (exact) mass is 231 g/mol. The highest BCUT2D eigenvalue weighted by Crippen LogP contribution is 2.08. The van der Waals surface area contributed by atoms with E-state index in [0.717, 1.165) is 19.5 Å². The summed E-state index contributed by atoms with van der Waals surface area (Å²) >= 11 is 0. The Labute approximate surface area is 107 Å². The van der Waals surface area contributed by atoms with Crippen LogP contribution in [-0.2, 0) is 0 Å². The summed E-state index contributed by atoms with van der Waals surface area (Å²) in [6.45, 7) is 6.39. The number of rotatable bonds is 4. The van der Waals surface area contributed by atoms with Crippen molar-refractivity contribution in [1.29, 1.82) is 0 Å². The molecule has 1 atom stereocenters. The normalized spacial score (nSPS) is 16.9. The zero-order valence-electron chi connectivity index (χ0n) is 11.4. The van der Waals surface area contributed by atoms with Gasteiger partial charge in [-0.05, 0) is 19.3 Å². The fraction of sp³-hybridized carbons (Fsp3) is 0.750. The Morgan fingerprint density at radius 1 is 1.24 bits per heavy atom. The van der Waals surface area contributed by atoms with E-state index >= 15 is 0 Å². The topological polar surface area (TPSA) is 3.24 Å². The second kappa shape index (κ2) is 9.00. The maximum Gasteiger partial charge on any atom is 0.0869 e. The van der Waals surface area contributed by atoms with Crippen LogP contribution in [0.1, 0.15) is 58.8 Å². The molecule has 0 fully saturated rings. The van der Waals surface area contributed by atoms with Gasteiger partial charge in [0.2, 0.25) is 0 Å². The van der Waals surface area contributed by atoms with Gasteiger partial charge in [-0.3, -0.25) is 0 Å². The largest absolute Gasteiger partial charge is 0.321 e. The van der Waals surface area contributed by atoms with Crippen LogP contribution in [0.2, 0.25) is 0 Å². The molecule has 1 rings (SSSR count). The van der Waals surface area contributed by atoms with E-state index in [1.54, 1.807) is 0 Å². The smallest absolute Gasteiger partial charge is 0.0869 e. The van der Waals surface area contributed by atoms with E-state index in [-0.39, 0.29) is 0 Å². The fourth-order valence-corrected chi connectivity index (χ4v) is 1.90. The molecule has 1 aliphatic rings. The molecular formula is C16H25N. The van der Waals surface area contributed by atoms with E-state index in [4.69, 9.17) is 0 Å². The molecule has 17 heavy (non-hydrogen) atoms. The molecule has 0 aliphatic carbocycles. The van der Waals surface area contributed by atoms with Crippen molar-refractivity contribution in [1.82, 2.24) is 4.90 Å². The molecule has 0 aromatic carbocycles. The average molecular weight is 231 g/mol. The lowest BCUT2D eigenvalue weighted by Crippen LogP contribution is -2.20. The maximum absolute atomic E-state index is 3.37. The molecule has 1 heterocycles. The van der Waals surface area contributed by atoms with Crippen LogP contribution in [0.4, 0.5) is 0 Å². The first-order valence-electron chi connectivity index (χ1n) is 7.04. The lowest BCUT2D eigenvalue weighted by Gasteiger charge is -2.15. The second-order valence-electron chi connectivity index (χ2n) is 4.89. The van der Waals surface area contributed by atoms with Crippen molar-refractivity contribution >= 4 is 0 Å². The molecule has 94 valence electrons. The molecule has 0 radical (unpaired) electrons. The van der Waals surface area contributed by atoms with Crippen molar-refractivity contribution in [2.75, 3.05) is 13.1 Å². The molecule has 0 spiro atoms. The van der Waals surface area contributed by atoms with Crippen molar-refractivity contribution in [3.05, 3.63) is 0 Å². The van der Waals surface area contributed by atoms with Gasteiger partial charge in [0.05, 0.1) is 6.54 Å². The minimum absolute atomic E-state index is 0.528. The highest BCUT2D eigenvalue weighted by Gasteiger charge is 2.01. The van der Waals surface area contributed by atoms with Crippen molar-refractivity contribution in [3.8, 4) is 23.8 Å². The van der Waals surface area contributed by atoms with E-state index in [9.17, 15) is 0 Å².